The van der Waals surface area contributed by atoms with E-state index in [9.17, 15) is 0 Å². The zero-order valence-corrected chi connectivity index (χ0v) is 93.6. The quantitative estimate of drug-likeness (QED) is 0.0357. The van der Waals surface area contributed by atoms with Gasteiger partial charge in [0.25, 0.3) is 0 Å². The SMILES string of the molecule is CCCCCCCCCCC1(CCCCCCCCCC)c2cc(-c3ccccc3)ccc2-c2ccc(-c3ccc4c(c3)C(CCCCCCCCCC)(CCCCCCCCCC)c3cc(-c5cc(/C=C/c6ccc7ccccc7n6)c(-c6ccc7c(c6)C(CCCCCCCCCC)(CCCCCCCCCC)c6cc(-c8ccc(-c9ccccc9)c9nsnc89)ccc6-7)cc5/C=C/C5=NC6C=CC=CC6C=C5)ccc3-4)cc21. The summed E-state index contributed by atoms with van der Waals surface area (Å²) in [5.41, 5.74) is 39.8. The number of nitrogens with zero attached hydrogens (tertiary/aromatic N) is 4. The van der Waals surface area contributed by atoms with Gasteiger partial charge in [-0.1, -0.05) is 562 Å². The highest BCUT2D eigenvalue weighted by molar-refractivity contribution is 7.00. The second kappa shape index (κ2) is 55.5. The molecule has 5 heteroatoms. The van der Waals surface area contributed by atoms with Gasteiger partial charge >= 0.3 is 0 Å². The first-order chi connectivity index (χ1) is 74.2. The summed E-state index contributed by atoms with van der Waals surface area (Å²) in [6, 6.07) is 92.1. The molecular weight excluding hydrogens is 1830 g/mol. The summed E-state index contributed by atoms with van der Waals surface area (Å²) in [5.74, 6) is 0.248. The van der Waals surface area contributed by atoms with Crippen LogP contribution in [0, 0.1) is 5.92 Å². The molecule has 2 unspecified atom stereocenters. The molecule has 5 aliphatic rings. The molecule has 0 fully saturated rings. The third-order valence-corrected chi connectivity index (χ3v) is 35.9. The fourth-order valence-corrected chi connectivity index (χ4v) is 27.4. The van der Waals surface area contributed by atoms with Crippen LogP contribution in [0.1, 0.15) is 438 Å². The van der Waals surface area contributed by atoms with Crippen LogP contribution in [0.3, 0.4) is 0 Å². The van der Waals surface area contributed by atoms with Gasteiger partial charge in [0, 0.05) is 38.7 Å². The van der Waals surface area contributed by atoms with E-state index in [0.717, 1.165) is 70.2 Å². The molecule has 0 bridgehead atoms. The van der Waals surface area contributed by atoms with E-state index in [1.807, 2.05) is 0 Å². The Bertz CT molecular complexity index is 6660. The van der Waals surface area contributed by atoms with E-state index >= 15 is 0 Å². The monoisotopic (exact) mass is 2010 g/mol. The van der Waals surface area contributed by atoms with Gasteiger partial charge in [-0.2, -0.15) is 8.75 Å². The normalized spacial score (nSPS) is 15.2. The predicted octanol–water partition coefficient (Wildman–Crippen LogP) is 44.5. The molecule has 0 N–H and O–H groups in total. The van der Waals surface area contributed by atoms with Gasteiger partial charge in [-0.3, -0.25) is 4.99 Å². The number of allylic oxidation sites excluding steroid dienone is 4. The number of para-hydroxylation sites is 1. The number of unbranched alkanes of at least 4 members (excludes halogenated alkanes) is 42. The topological polar surface area (TPSA) is 51.0 Å². The molecule has 3 heterocycles. The minimum Gasteiger partial charge on any atom is -0.277 e. The van der Waals surface area contributed by atoms with E-state index < -0.39 is 0 Å². The summed E-state index contributed by atoms with van der Waals surface area (Å²) in [6.07, 6.45) is 92.6. The lowest BCUT2D eigenvalue weighted by Gasteiger charge is -2.34. The molecule has 13 aromatic rings. The molecule has 0 radical (unpaired) electrons. The van der Waals surface area contributed by atoms with Crippen molar-refractivity contribution in [2.45, 2.75) is 411 Å². The van der Waals surface area contributed by atoms with Crippen LogP contribution in [0.15, 0.2) is 278 Å². The van der Waals surface area contributed by atoms with Gasteiger partial charge in [0.1, 0.15) is 11.0 Å². The number of hydrogen-bond acceptors (Lipinski definition) is 5. The maximum absolute atomic E-state index is 5.56. The first-order valence-electron chi connectivity index (χ1n) is 60.9. The van der Waals surface area contributed by atoms with Crippen molar-refractivity contribution in [1.29, 1.82) is 0 Å². The number of aromatic nitrogens is 3. The molecule has 0 amide bonds. The van der Waals surface area contributed by atoms with Crippen LogP contribution in [0.4, 0.5) is 0 Å². The van der Waals surface area contributed by atoms with Gasteiger partial charge in [-0.25, -0.2) is 4.98 Å². The molecule has 0 saturated heterocycles. The number of aliphatic imine (C=N–C) groups is 1. The van der Waals surface area contributed by atoms with Crippen LogP contribution in [-0.2, 0) is 16.2 Å². The number of rotatable bonds is 64. The summed E-state index contributed by atoms with van der Waals surface area (Å²) in [6.45, 7) is 14.1. The van der Waals surface area contributed by atoms with Gasteiger partial charge in [0.2, 0.25) is 0 Å². The number of dihydropyridines is 1. The van der Waals surface area contributed by atoms with E-state index in [1.165, 1.54) is 450 Å². The average Bonchev–Trinajstić information content (AvgIpc) is 1.56. The van der Waals surface area contributed by atoms with E-state index in [4.69, 9.17) is 18.7 Å². The van der Waals surface area contributed by atoms with E-state index in [-0.39, 0.29) is 28.2 Å². The maximum Gasteiger partial charge on any atom is 0.113 e. The number of benzene rings is 11. The van der Waals surface area contributed by atoms with Crippen molar-refractivity contribution in [1.82, 2.24) is 13.7 Å². The highest BCUT2D eigenvalue weighted by Gasteiger charge is 2.47. The lowest BCUT2D eigenvalue weighted by atomic mass is 9.69. The van der Waals surface area contributed by atoms with Crippen molar-refractivity contribution < 1.29 is 0 Å². The molecule has 782 valence electrons. The molecule has 2 atom stereocenters. The largest absolute Gasteiger partial charge is 0.277 e. The second-order valence-electron chi connectivity index (χ2n) is 45.9. The van der Waals surface area contributed by atoms with E-state index in [1.54, 1.807) is 16.7 Å². The molecule has 2 aromatic heterocycles. The third-order valence-electron chi connectivity index (χ3n) is 35.3. The Labute approximate surface area is 909 Å². The van der Waals surface area contributed by atoms with Crippen LogP contribution < -0.4 is 0 Å². The molecule has 150 heavy (non-hydrogen) atoms. The third kappa shape index (κ3) is 26.4. The second-order valence-corrected chi connectivity index (χ2v) is 46.4. The fraction of sp³-hybridized carbons (Fsp3) is 0.448. The Hall–Kier alpha value is -11.0. The summed E-state index contributed by atoms with van der Waals surface area (Å²) in [5, 5.41) is 1.15. The number of hydrogen-bond donors (Lipinski definition) is 0. The first-order valence-corrected chi connectivity index (χ1v) is 61.7. The Balaban J connectivity index is 0.802. The minimum atomic E-state index is -0.241. The molecule has 0 spiro atoms. The Morgan fingerprint density at radius 1 is 0.240 bits per heavy atom. The van der Waals surface area contributed by atoms with Crippen LogP contribution >= 0.6 is 11.7 Å². The van der Waals surface area contributed by atoms with Crippen molar-refractivity contribution in [3.05, 3.63) is 323 Å². The van der Waals surface area contributed by atoms with E-state index in [0.29, 0.717) is 0 Å². The zero-order chi connectivity index (χ0) is 103. The lowest BCUT2D eigenvalue weighted by Crippen LogP contribution is -2.26. The van der Waals surface area contributed by atoms with Crippen LogP contribution in [-0.4, -0.2) is 25.5 Å². The average molecular weight is 2010 g/mol. The fourth-order valence-electron chi connectivity index (χ4n) is 26.8. The van der Waals surface area contributed by atoms with Gasteiger partial charge in [0.05, 0.1) is 34.7 Å². The van der Waals surface area contributed by atoms with Crippen LogP contribution in [0.2, 0.25) is 0 Å². The molecule has 0 saturated carbocycles. The molecule has 4 aliphatic carbocycles. The van der Waals surface area contributed by atoms with Crippen molar-refractivity contribution in [2.24, 2.45) is 10.9 Å². The van der Waals surface area contributed by atoms with Gasteiger partial charge in [-0.05, 0) is 251 Å². The van der Waals surface area contributed by atoms with Crippen LogP contribution in [0.25, 0.3) is 140 Å². The standard InChI is InChI=1S/C145H176N4S/c1-7-13-19-25-31-37-43-59-95-143(96-60-44-38-32-26-20-14-8-2)133-103-113(109-65-51-49-52-66-109)77-87-125(133)126-88-78-114(104-134(126)143)115-79-89-127-129-91-81-119(107-137(129)144(135(127)105-115,97-61-45-39-33-27-21-15-9-3)98-62-46-40-34-28-22-16-10-4)131-101-117(76-86-122-84-74-112-70-56-58-72-140(112)147-122)132(102-116(131)75-85-121-83-73-111-69-55-57-71-139(111)146-121)120-82-92-130-128-90-80-118(124-94-93-123(110-67-53-50-54-68-110)141-142(124)149-150-148-141)106-136(128)145(138(130)108-120,99-63-47-41-35-29-23-17-11-5)100-64-48-42-36-30-24-18-12-6/h49-58,65-94,101-108,111,139H,7-48,59-64,95-100H2,1-6H3/b85-75+,86-76+. The number of fused-ring (bicyclic) bond motifs is 12. The molecule has 4 nitrogen and oxygen atoms in total. The summed E-state index contributed by atoms with van der Waals surface area (Å²) in [7, 11) is 0. The molecular formula is C145H176N4S. The van der Waals surface area contributed by atoms with Crippen molar-refractivity contribution in [2.75, 3.05) is 0 Å². The summed E-state index contributed by atoms with van der Waals surface area (Å²) >= 11 is 1.34. The first kappa shape index (κ1) is 109. The van der Waals surface area contributed by atoms with Crippen molar-refractivity contribution in [3.8, 4) is 100 Å². The highest BCUT2D eigenvalue weighted by Crippen LogP contribution is 2.61. The Morgan fingerprint density at radius 2 is 0.540 bits per heavy atom. The number of pyridine rings is 1. The lowest BCUT2D eigenvalue weighted by molar-refractivity contribution is 0.397. The van der Waals surface area contributed by atoms with Crippen molar-refractivity contribution >= 4 is 57.6 Å². The Morgan fingerprint density at radius 3 is 0.920 bits per heavy atom. The van der Waals surface area contributed by atoms with Crippen LogP contribution in [0.5, 0.6) is 0 Å². The maximum atomic E-state index is 5.56. The summed E-state index contributed by atoms with van der Waals surface area (Å²) < 4.78 is 10.3. The van der Waals surface area contributed by atoms with Crippen molar-refractivity contribution in [3.63, 3.8) is 0 Å². The smallest absolute Gasteiger partial charge is 0.113 e. The molecule has 18 rings (SSSR count). The Kier molecular flexibility index (Phi) is 40.3. The predicted molar refractivity (Wildman–Crippen MR) is 654 cm³/mol. The zero-order valence-electron chi connectivity index (χ0n) is 92.7. The van der Waals surface area contributed by atoms with Gasteiger partial charge in [-0.15, -0.1) is 0 Å². The highest BCUT2D eigenvalue weighted by atomic mass is 32.1. The van der Waals surface area contributed by atoms with Gasteiger partial charge < -0.3 is 0 Å². The molecule has 1 aliphatic heterocycles. The molecule has 11 aromatic carbocycles. The van der Waals surface area contributed by atoms with Gasteiger partial charge in [0.15, 0.2) is 0 Å². The van der Waals surface area contributed by atoms with E-state index in [2.05, 4.69) is 333 Å². The minimum absolute atomic E-state index is 0.0603. The summed E-state index contributed by atoms with van der Waals surface area (Å²) in [4.78, 5) is 11.0.